The lowest BCUT2D eigenvalue weighted by atomic mass is 9.82. The fourth-order valence-corrected chi connectivity index (χ4v) is 6.58. The summed E-state index contributed by atoms with van der Waals surface area (Å²) in [5, 5.41) is 31.0. The smallest absolute Gasteiger partial charge is 0.459 e. The molecule has 1 saturated heterocycles. The van der Waals surface area contributed by atoms with Gasteiger partial charge in [0.1, 0.15) is 36.4 Å². The Morgan fingerprint density at radius 2 is 2.02 bits per heavy atom. The van der Waals surface area contributed by atoms with Gasteiger partial charge in [0.25, 0.3) is 0 Å². The Bertz CT molecular complexity index is 1270. The third-order valence-electron chi connectivity index (χ3n) is 6.81. The van der Waals surface area contributed by atoms with Crippen molar-refractivity contribution in [1.82, 2.24) is 10.1 Å². The second-order valence-corrected chi connectivity index (χ2v) is 12.0. The molecule has 0 saturated carbocycles. The molecule has 0 radical (unpaired) electrons. The van der Waals surface area contributed by atoms with Gasteiger partial charge >= 0.3 is 13.7 Å². The van der Waals surface area contributed by atoms with Gasteiger partial charge in [-0.1, -0.05) is 31.2 Å². The zero-order valence-electron chi connectivity index (χ0n) is 23.5. The molecule has 3 aliphatic heterocycles. The molecule has 224 valence electrons. The number of fused-ring (bicyclic) bond motifs is 1. The highest BCUT2D eigenvalue weighted by Gasteiger charge is 2.62. The van der Waals surface area contributed by atoms with Gasteiger partial charge in [-0.3, -0.25) is 19.3 Å². The summed E-state index contributed by atoms with van der Waals surface area (Å²) in [5.74, 6) is -0.444. The molecule has 15 heteroatoms. The lowest BCUT2D eigenvalue weighted by Crippen LogP contribution is -2.60. The van der Waals surface area contributed by atoms with Crippen LogP contribution >= 0.6 is 7.75 Å². The van der Waals surface area contributed by atoms with Crippen molar-refractivity contribution in [3.63, 3.8) is 0 Å². The molecule has 0 aliphatic carbocycles. The minimum absolute atomic E-state index is 0.216. The molecule has 0 bridgehead atoms. The third kappa shape index (κ3) is 6.37. The van der Waals surface area contributed by atoms with Crippen LogP contribution in [-0.4, -0.2) is 95.3 Å². The van der Waals surface area contributed by atoms with Gasteiger partial charge in [-0.15, -0.1) is 0 Å². The lowest BCUT2D eigenvalue weighted by Gasteiger charge is -2.41. The average Bonchev–Trinajstić information content (AvgIpc) is 3.38. The maximum Gasteiger partial charge on any atom is 0.459 e. The molecular formula is C26H37N6O8P. The number of para-hydroxylation sites is 1. The van der Waals surface area contributed by atoms with Gasteiger partial charge in [-0.25, -0.2) is 9.56 Å². The van der Waals surface area contributed by atoms with E-state index in [1.165, 1.54) is 26.5 Å². The first-order valence-corrected chi connectivity index (χ1v) is 14.8. The molecule has 0 amide bonds. The van der Waals surface area contributed by atoms with Crippen LogP contribution < -0.4 is 15.3 Å². The fourth-order valence-electron chi connectivity index (χ4n) is 5.08. The first-order valence-electron chi connectivity index (χ1n) is 13.2. The summed E-state index contributed by atoms with van der Waals surface area (Å²) >= 11 is 0. The highest BCUT2D eigenvalue weighted by atomic mass is 31.2. The molecule has 3 heterocycles. The number of aliphatic hydroxyl groups excluding tert-OH is 2. The van der Waals surface area contributed by atoms with Crippen LogP contribution in [0, 0.1) is 5.92 Å². The van der Waals surface area contributed by atoms with Crippen LogP contribution in [0.15, 0.2) is 57.2 Å². The Hall–Kier alpha value is -3.13. The molecule has 8 atom stereocenters. The molecule has 1 aromatic carbocycles. The molecule has 4 rings (SSSR count). The van der Waals surface area contributed by atoms with Crippen LogP contribution in [-0.2, 0) is 23.4 Å². The van der Waals surface area contributed by atoms with Crippen molar-refractivity contribution in [2.24, 2.45) is 26.7 Å². The Morgan fingerprint density at radius 3 is 2.68 bits per heavy atom. The van der Waals surface area contributed by atoms with E-state index in [0.29, 0.717) is 5.70 Å². The van der Waals surface area contributed by atoms with Crippen LogP contribution in [0.2, 0.25) is 0 Å². The number of carbonyl (C=O) groups is 1. The minimum atomic E-state index is -4.25. The van der Waals surface area contributed by atoms with E-state index in [1.807, 2.05) is 13.0 Å². The van der Waals surface area contributed by atoms with E-state index in [4.69, 9.17) is 24.3 Å². The van der Waals surface area contributed by atoms with Gasteiger partial charge < -0.3 is 29.9 Å². The number of nitrogens with one attached hydrogen (secondary N) is 1. The van der Waals surface area contributed by atoms with E-state index >= 15 is 0 Å². The topological polar surface area (TPSA) is 190 Å². The van der Waals surface area contributed by atoms with E-state index < -0.39 is 62.4 Å². The first kappa shape index (κ1) is 30.8. The predicted molar refractivity (Wildman–Crippen MR) is 151 cm³/mol. The van der Waals surface area contributed by atoms with E-state index in [-0.39, 0.29) is 17.5 Å². The van der Waals surface area contributed by atoms with Crippen LogP contribution in [0.1, 0.15) is 27.7 Å². The summed E-state index contributed by atoms with van der Waals surface area (Å²) < 4.78 is 36.8. The second-order valence-electron chi connectivity index (χ2n) is 10.3. The third-order valence-corrected chi connectivity index (χ3v) is 8.46. The normalized spacial score (nSPS) is 31.5. The fraction of sp³-hybridized carbons (Fsp3) is 0.538. The standard InChI is InChI=1S/C26H37N6O8P/c1-15(2)38-25(35)17(4)31-41(36,40-18-9-7-6-8-10-18)37-12-20-21(33)23(34)26(39-20,13-28-5)22-16(3)11-19-24(27)29-14-30-32(19)22/h6-11,13-17,20-23,33-34H,12H2,1-5H3,(H,31,36)(H2,27,29,30)/t16?,17-,20+,21+,22?,23+,26-,41?/m0/s1. The van der Waals surface area contributed by atoms with Crippen molar-refractivity contribution >= 4 is 32.1 Å². The number of carbonyl (C=O) groups excluding carboxylic acids is 1. The van der Waals surface area contributed by atoms with Gasteiger partial charge in [0.15, 0.2) is 11.4 Å². The van der Waals surface area contributed by atoms with Crippen molar-refractivity contribution in [1.29, 1.82) is 0 Å². The second kappa shape index (κ2) is 12.4. The number of benzene rings is 1. The van der Waals surface area contributed by atoms with Crippen LogP contribution in [0.25, 0.3) is 0 Å². The molecule has 0 aromatic heterocycles. The highest BCUT2D eigenvalue weighted by Crippen LogP contribution is 2.48. The largest absolute Gasteiger partial charge is 0.462 e. The van der Waals surface area contributed by atoms with Crippen LogP contribution in [0.5, 0.6) is 5.75 Å². The van der Waals surface area contributed by atoms with Gasteiger partial charge in [0.05, 0.1) is 24.4 Å². The number of amidine groups is 1. The molecular weight excluding hydrogens is 555 g/mol. The van der Waals surface area contributed by atoms with E-state index in [0.717, 1.165) is 0 Å². The molecule has 1 fully saturated rings. The Labute approximate surface area is 238 Å². The monoisotopic (exact) mass is 592 g/mol. The minimum Gasteiger partial charge on any atom is -0.462 e. The van der Waals surface area contributed by atoms with Crippen LogP contribution in [0.3, 0.4) is 0 Å². The number of hydrazone groups is 1. The number of hydrogen-bond donors (Lipinski definition) is 4. The zero-order chi connectivity index (χ0) is 29.9. The van der Waals surface area contributed by atoms with E-state index in [2.05, 4.69) is 20.2 Å². The van der Waals surface area contributed by atoms with Gasteiger partial charge in [-0.2, -0.15) is 10.2 Å². The Morgan fingerprint density at radius 1 is 1.32 bits per heavy atom. The quantitative estimate of drug-likeness (QED) is 0.164. The summed E-state index contributed by atoms with van der Waals surface area (Å²) in [5.41, 5.74) is 5.05. The average molecular weight is 593 g/mol. The van der Waals surface area contributed by atoms with E-state index in [9.17, 15) is 19.6 Å². The van der Waals surface area contributed by atoms with Crippen molar-refractivity contribution in [2.45, 2.75) is 69.8 Å². The number of nitrogens with two attached hydrogens (primary N) is 1. The molecule has 41 heavy (non-hydrogen) atoms. The molecule has 3 unspecified atom stereocenters. The Balaban J connectivity index is 1.56. The molecule has 5 N–H and O–H groups in total. The molecule has 0 spiro atoms. The number of hydrogen-bond acceptors (Lipinski definition) is 13. The summed E-state index contributed by atoms with van der Waals surface area (Å²) in [7, 11) is -2.74. The number of rotatable bonds is 11. The molecule has 1 aromatic rings. The van der Waals surface area contributed by atoms with Gasteiger partial charge in [-0.05, 0) is 32.9 Å². The van der Waals surface area contributed by atoms with Crippen LogP contribution in [0.4, 0.5) is 0 Å². The van der Waals surface area contributed by atoms with Crippen molar-refractivity contribution in [3.05, 3.63) is 42.1 Å². The van der Waals surface area contributed by atoms with Crippen molar-refractivity contribution < 1.29 is 38.1 Å². The van der Waals surface area contributed by atoms with Crippen molar-refractivity contribution in [3.8, 4) is 5.75 Å². The van der Waals surface area contributed by atoms with Gasteiger partial charge in [0.2, 0.25) is 0 Å². The highest BCUT2D eigenvalue weighted by molar-refractivity contribution is 7.52. The number of aliphatic imine (C=N–C) groups is 2. The maximum absolute atomic E-state index is 13.9. The number of aliphatic hydroxyl groups is 2. The Kier molecular flexibility index (Phi) is 9.32. The SMILES string of the molecule is CN=C[C@@]1(C2C(C)C=C3C(N)=NC=NN32)O[C@H](COP(=O)(N[C@@H](C)C(=O)OC(C)C)Oc2ccccc2)[C@@H](O)[C@H]1O. The summed E-state index contributed by atoms with van der Waals surface area (Å²) in [6.07, 6.45) is 0.0419. The first-order chi connectivity index (χ1) is 19.4. The summed E-state index contributed by atoms with van der Waals surface area (Å²) in [6.45, 7) is 6.26. The number of esters is 1. The van der Waals surface area contributed by atoms with Crippen molar-refractivity contribution in [2.75, 3.05) is 13.7 Å². The van der Waals surface area contributed by atoms with Gasteiger partial charge in [0, 0.05) is 19.2 Å². The summed E-state index contributed by atoms with van der Waals surface area (Å²) in [4.78, 5) is 20.6. The van der Waals surface area contributed by atoms with E-state index in [1.54, 1.807) is 49.2 Å². The lowest BCUT2D eigenvalue weighted by molar-refractivity contribution is -0.149. The predicted octanol–water partition coefficient (Wildman–Crippen LogP) is 1.20. The maximum atomic E-state index is 13.9. The number of ether oxygens (including phenoxy) is 2. The number of nitrogens with zero attached hydrogens (tertiary/aromatic N) is 4. The zero-order valence-corrected chi connectivity index (χ0v) is 24.4. The summed E-state index contributed by atoms with van der Waals surface area (Å²) in [6, 6.07) is 6.54. The molecule has 3 aliphatic rings. The molecule has 14 nitrogen and oxygen atoms in total.